The summed E-state index contributed by atoms with van der Waals surface area (Å²) in [5, 5.41) is 121. The summed E-state index contributed by atoms with van der Waals surface area (Å²) in [4.78, 5) is 13.5. The number of hydrogen-bond donors (Lipinski definition) is 12. The highest BCUT2D eigenvalue weighted by atomic mass is 16.8. The van der Waals surface area contributed by atoms with E-state index in [0.717, 1.165) is 38.5 Å². The van der Waals surface area contributed by atoms with Crippen molar-refractivity contribution in [1.82, 2.24) is 5.32 Å². The third kappa shape index (κ3) is 52.3. The van der Waals surface area contributed by atoms with Gasteiger partial charge in [0.15, 0.2) is 18.9 Å². The van der Waals surface area contributed by atoms with Crippen LogP contribution in [0.1, 0.15) is 438 Å². The Hall–Kier alpha value is -1.73. The van der Waals surface area contributed by atoms with Crippen molar-refractivity contribution >= 4 is 5.91 Å². The molecule has 3 aliphatic rings. The lowest BCUT2D eigenvalue weighted by Gasteiger charge is -2.48. The summed E-state index contributed by atoms with van der Waals surface area (Å²) in [6, 6.07) is -0.990. The minimum atomic E-state index is -1.98. The van der Waals surface area contributed by atoms with Crippen LogP contribution in [0.2, 0.25) is 0 Å². The van der Waals surface area contributed by atoms with E-state index in [2.05, 4.69) is 31.3 Å². The van der Waals surface area contributed by atoms with Crippen molar-refractivity contribution in [3.63, 3.8) is 0 Å². The second kappa shape index (κ2) is 74.1. The number of amides is 1. The fraction of sp³-hybridized carbons (Fsp3) is 0.947. The summed E-state index contributed by atoms with van der Waals surface area (Å²) < 4.78 is 34.5. The Balaban J connectivity index is 1.29. The van der Waals surface area contributed by atoms with Crippen molar-refractivity contribution in [2.24, 2.45) is 0 Å². The van der Waals surface area contributed by atoms with Gasteiger partial charge in [0.1, 0.15) is 73.2 Å². The largest absolute Gasteiger partial charge is 0.394 e. The first kappa shape index (κ1) is 105. The van der Waals surface area contributed by atoms with E-state index in [9.17, 15) is 61.0 Å². The molecule has 19 heteroatoms. The molecule has 17 unspecified atom stereocenters. The van der Waals surface area contributed by atoms with Crippen LogP contribution >= 0.6 is 0 Å². The van der Waals surface area contributed by atoms with Gasteiger partial charge in [0.2, 0.25) is 5.91 Å². The molecule has 3 saturated heterocycles. The molecule has 0 aliphatic carbocycles. The Morgan fingerprint density at radius 2 is 0.566 bits per heavy atom. The number of carbonyl (C=O) groups excluding carboxylic acids is 1. The number of rotatable bonds is 80. The molecule has 0 radical (unpaired) electrons. The lowest BCUT2D eigenvalue weighted by atomic mass is 9.96. The van der Waals surface area contributed by atoms with E-state index in [1.165, 1.54) is 366 Å². The zero-order chi connectivity index (χ0) is 81.7. The van der Waals surface area contributed by atoms with E-state index in [1.54, 1.807) is 6.08 Å². The van der Waals surface area contributed by atoms with Crippen molar-refractivity contribution in [2.75, 3.05) is 26.4 Å². The first-order valence-corrected chi connectivity index (χ1v) is 48.1. The Morgan fingerprint density at radius 1 is 0.310 bits per heavy atom. The van der Waals surface area contributed by atoms with Crippen LogP contribution in [0.3, 0.4) is 0 Å². The van der Waals surface area contributed by atoms with Crippen LogP contribution in [0.5, 0.6) is 0 Å². The lowest BCUT2D eigenvalue weighted by Crippen LogP contribution is -2.66. The van der Waals surface area contributed by atoms with Crippen LogP contribution in [0.15, 0.2) is 24.3 Å². The quantitative estimate of drug-likeness (QED) is 0.0199. The topological polar surface area (TPSA) is 307 Å². The number of aliphatic hydroxyl groups excluding tert-OH is 11. The van der Waals surface area contributed by atoms with E-state index < -0.39 is 124 Å². The summed E-state index contributed by atoms with van der Waals surface area (Å²) >= 11 is 0. The molecule has 17 atom stereocenters. The molecule has 0 aromatic carbocycles. The zero-order valence-electron chi connectivity index (χ0n) is 72.4. The second-order valence-electron chi connectivity index (χ2n) is 34.5. The van der Waals surface area contributed by atoms with Gasteiger partial charge in [0.25, 0.3) is 0 Å². The standard InChI is InChI=1S/C94H179NO18/c1-3-5-7-9-11-13-15-17-19-21-23-25-27-29-31-33-34-35-36-37-38-39-40-41-42-43-44-46-48-50-52-54-56-58-60-62-64-66-68-70-72-82(100)95-77(78(99)71-69-67-65-63-61-59-57-55-53-51-49-47-45-32-30-28-26-24-22-20-18-16-14-12-10-8-6-4-2)76-108-92-88(106)85(103)90(80(74-97)110-92)113-94-89(107)86(104)91(81(75-98)111-94)112-93-87(105)84(102)83(101)79(73-96)109-93/h61,63,69,71,77-81,83-94,96-99,101-107H,3-60,62,64-68,70,72-76H2,1-2H3,(H,95,100)/b63-61+,71-69+. The number of nitrogens with one attached hydrogen (secondary N) is 1. The summed E-state index contributed by atoms with van der Waals surface area (Å²) in [6.45, 7) is 1.80. The molecule has 0 spiro atoms. The number of aliphatic hydroxyl groups is 11. The van der Waals surface area contributed by atoms with Gasteiger partial charge in [0.05, 0.1) is 38.6 Å². The highest BCUT2D eigenvalue weighted by molar-refractivity contribution is 5.76. The number of carbonyl (C=O) groups is 1. The molecule has 3 aliphatic heterocycles. The number of hydrogen-bond acceptors (Lipinski definition) is 18. The number of allylic oxidation sites excluding steroid dienone is 3. The van der Waals surface area contributed by atoms with Crippen molar-refractivity contribution in [2.45, 2.75) is 542 Å². The minimum Gasteiger partial charge on any atom is -0.394 e. The third-order valence-corrected chi connectivity index (χ3v) is 24.3. The van der Waals surface area contributed by atoms with E-state index in [0.29, 0.717) is 12.8 Å². The van der Waals surface area contributed by atoms with E-state index >= 15 is 0 Å². The van der Waals surface area contributed by atoms with E-state index in [-0.39, 0.29) is 18.9 Å². The van der Waals surface area contributed by atoms with Crippen LogP contribution in [0.4, 0.5) is 0 Å². The van der Waals surface area contributed by atoms with Gasteiger partial charge in [-0.25, -0.2) is 0 Å². The molecule has 3 heterocycles. The molecular formula is C94H179NO18. The monoisotopic (exact) mass is 1610 g/mol. The maximum absolute atomic E-state index is 13.5. The first-order chi connectivity index (χ1) is 55.3. The van der Waals surface area contributed by atoms with E-state index in [4.69, 9.17) is 28.4 Å². The highest BCUT2D eigenvalue weighted by Gasteiger charge is 2.54. The molecule has 113 heavy (non-hydrogen) atoms. The number of unbranched alkanes of at least 4 members (excludes halogenated alkanes) is 62. The normalized spacial score (nSPS) is 24.8. The van der Waals surface area contributed by atoms with E-state index in [1.807, 2.05) is 6.08 Å². The molecule has 0 bridgehead atoms. The maximum atomic E-state index is 13.5. The van der Waals surface area contributed by atoms with Crippen molar-refractivity contribution in [3.05, 3.63) is 24.3 Å². The minimum absolute atomic E-state index is 0.242. The predicted octanol–water partition coefficient (Wildman–Crippen LogP) is 19.2. The Kier molecular flexibility index (Phi) is 69.2. The Morgan fingerprint density at radius 3 is 0.885 bits per heavy atom. The third-order valence-electron chi connectivity index (χ3n) is 24.3. The molecule has 0 saturated carbocycles. The lowest BCUT2D eigenvalue weighted by molar-refractivity contribution is -0.379. The molecule has 3 fully saturated rings. The van der Waals surface area contributed by atoms with Crippen LogP contribution in [0.25, 0.3) is 0 Å². The van der Waals surface area contributed by atoms with Gasteiger partial charge in [-0.1, -0.05) is 423 Å². The van der Waals surface area contributed by atoms with Gasteiger partial charge >= 0.3 is 0 Å². The maximum Gasteiger partial charge on any atom is 0.220 e. The highest BCUT2D eigenvalue weighted by Crippen LogP contribution is 2.34. The SMILES string of the molecule is CCCCCCCCCCCCCCCCCCCCCCCC/C=C/CC/C=C/C(O)C(COC1OC(CO)C(OC2OC(CO)C(OC3OC(CO)C(O)C(O)C3O)C(O)C2O)C(O)C1O)NC(=O)CCCCCCCCCCCCCCCCCCCCCCCCCCCCCCCCCCCCCCCCCC. The molecule has 12 N–H and O–H groups in total. The second-order valence-corrected chi connectivity index (χ2v) is 34.5. The van der Waals surface area contributed by atoms with Gasteiger partial charge in [0, 0.05) is 6.42 Å². The fourth-order valence-corrected chi connectivity index (χ4v) is 16.6. The average molecular weight is 1610 g/mol. The summed E-state index contributed by atoms with van der Waals surface area (Å²) in [5.74, 6) is -0.275. The Labute approximate surface area is 689 Å². The summed E-state index contributed by atoms with van der Waals surface area (Å²) in [7, 11) is 0. The summed E-state index contributed by atoms with van der Waals surface area (Å²) in [6.07, 6.45) is 68.0. The molecule has 0 aromatic heterocycles. The van der Waals surface area contributed by atoms with Crippen molar-refractivity contribution in [1.29, 1.82) is 0 Å². The van der Waals surface area contributed by atoms with Crippen LogP contribution in [0, 0.1) is 0 Å². The van der Waals surface area contributed by atoms with Crippen LogP contribution in [-0.4, -0.2) is 193 Å². The van der Waals surface area contributed by atoms with Crippen LogP contribution in [-0.2, 0) is 33.2 Å². The average Bonchev–Trinajstić information content (AvgIpc) is 0.778. The van der Waals surface area contributed by atoms with Crippen molar-refractivity contribution in [3.8, 4) is 0 Å². The van der Waals surface area contributed by atoms with Gasteiger partial charge < -0.3 is 89.9 Å². The predicted molar refractivity (Wildman–Crippen MR) is 457 cm³/mol. The Bertz CT molecular complexity index is 2130. The molecule has 668 valence electrons. The molecule has 1 amide bonds. The summed E-state index contributed by atoms with van der Waals surface area (Å²) in [5.41, 5.74) is 0. The molecule has 19 nitrogen and oxygen atoms in total. The molecule has 0 aromatic rings. The molecular weight excluding hydrogens is 1430 g/mol. The van der Waals surface area contributed by atoms with Gasteiger partial charge in [-0.15, -0.1) is 0 Å². The van der Waals surface area contributed by atoms with Crippen molar-refractivity contribution < 1.29 is 89.4 Å². The first-order valence-electron chi connectivity index (χ1n) is 48.1. The van der Waals surface area contributed by atoms with Gasteiger partial charge in [-0.3, -0.25) is 4.79 Å². The molecule has 3 rings (SSSR count). The number of ether oxygens (including phenoxy) is 6. The van der Waals surface area contributed by atoms with Gasteiger partial charge in [-0.05, 0) is 32.1 Å². The fourth-order valence-electron chi connectivity index (χ4n) is 16.6. The van der Waals surface area contributed by atoms with Crippen LogP contribution < -0.4 is 5.32 Å². The smallest absolute Gasteiger partial charge is 0.220 e. The van der Waals surface area contributed by atoms with Gasteiger partial charge in [-0.2, -0.15) is 0 Å². The zero-order valence-corrected chi connectivity index (χ0v) is 72.4.